The minimum atomic E-state index is -4.66. The molecule has 0 radical (unpaired) electrons. The summed E-state index contributed by atoms with van der Waals surface area (Å²) in [6, 6.07) is -2.04. The molecule has 1 unspecified atom stereocenters. The maximum Gasteiger partial charge on any atom is 0.394 e. The second-order valence-electron chi connectivity index (χ2n) is 2.33. The Balaban J connectivity index is 4.76. The molecule has 0 saturated carbocycles. The Morgan fingerprint density at radius 2 is 2.08 bits per heavy atom. The number of halogens is 3. The number of carbonyl (C=O) groups is 1. The molecule has 0 aromatic carbocycles. The first-order valence-corrected chi connectivity index (χ1v) is 3.16. The lowest BCUT2D eigenvalue weighted by molar-refractivity contribution is -0.182. The molecule has 0 amide bonds. The Hall–Kier alpha value is -1.43. The van der Waals surface area contributed by atoms with Crippen molar-refractivity contribution in [3.8, 4) is 0 Å². The van der Waals surface area contributed by atoms with Gasteiger partial charge in [0.25, 0.3) is 0 Å². The number of alkyl halides is 3. The predicted molar refractivity (Wildman–Crippen MR) is 33.9 cm³/mol. The summed E-state index contributed by atoms with van der Waals surface area (Å²) in [7, 11) is 0. The molecule has 0 spiro atoms. The van der Waals surface area contributed by atoms with Crippen LogP contribution < -0.4 is 4.91 Å². The standard InChI is InChI=1S/C5H6F3N3O2/c1-2(5(6,7)8)3(4(12)13)10-11-9/h2-3,9H,1H3/p+1/t2-,3?/m1/s1. The topological polar surface area (TPSA) is 87.6 Å². The Morgan fingerprint density at radius 1 is 1.62 bits per heavy atom. The second kappa shape index (κ2) is 3.99. The zero-order valence-corrected chi connectivity index (χ0v) is 6.54. The van der Waals surface area contributed by atoms with Crippen molar-refractivity contribution in [2.75, 3.05) is 0 Å². The van der Waals surface area contributed by atoms with Gasteiger partial charge in [0.05, 0.1) is 5.92 Å². The third-order valence-electron chi connectivity index (χ3n) is 1.43. The summed E-state index contributed by atoms with van der Waals surface area (Å²) < 4.78 is 35.9. The Bertz CT molecular complexity index is 244. The largest absolute Gasteiger partial charge is 0.479 e. The van der Waals surface area contributed by atoms with Crippen molar-refractivity contribution in [1.29, 1.82) is 5.53 Å². The van der Waals surface area contributed by atoms with Crippen molar-refractivity contribution in [3.05, 3.63) is 0 Å². The van der Waals surface area contributed by atoms with E-state index < -0.39 is 24.1 Å². The number of nitrogens with one attached hydrogen (secondary N) is 1. The third-order valence-corrected chi connectivity index (χ3v) is 1.43. The van der Waals surface area contributed by atoms with Crippen LogP contribution in [0, 0.1) is 11.4 Å². The third kappa shape index (κ3) is 3.20. The van der Waals surface area contributed by atoms with Crippen molar-refractivity contribution < 1.29 is 23.1 Å². The van der Waals surface area contributed by atoms with Crippen LogP contribution in [-0.2, 0) is 4.79 Å². The Labute approximate surface area is 70.8 Å². The lowest BCUT2D eigenvalue weighted by atomic mass is 10.0. The predicted octanol–water partition coefficient (Wildman–Crippen LogP) is 1.19. The zero-order valence-electron chi connectivity index (χ0n) is 6.54. The van der Waals surface area contributed by atoms with Crippen LogP contribution in [-0.4, -0.2) is 23.3 Å². The fourth-order valence-corrected chi connectivity index (χ4v) is 0.604. The van der Waals surface area contributed by atoms with Crippen LogP contribution in [0.25, 0.3) is 0 Å². The van der Waals surface area contributed by atoms with E-state index in [0.717, 1.165) is 0 Å². The van der Waals surface area contributed by atoms with Crippen molar-refractivity contribution in [1.82, 2.24) is 4.91 Å². The van der Waals surface area contributed by atoms with E-state index in [-0.39, 0.29) is 0 Å². The number of nitrogens with zero attached hydrogens (tertiary/aromatic N) is 2. The molecule has 0 heterocycles. The first kappa shape index (κ1) is 11.6. The van der Waals surface area contributed by atoms with Gasteiger partial charge in [-0.3, -0.25) is 0 Å². The summed E-state index contributed by atoms with van der Waals surface area (Å²) in [5.41, 5.74) is 6.15. The maximum atomic E-state index is 12.0. The molecule has 0 fully saturated rings. The number of aliphatic carboxylic acids is 1. The summed E-state index contributed by atoms with van der Waals surface area (Å²) in [6.45, 7) is 0.674. The molecular weight excluding hydrogens is 191 g/mol. The van der Waals surface area contributed by atoms with Gasteiger partial charge in [-0.1, -0.05) is 6.92 Å². The first-order valence-electron chi connectivity index (χ1n) is 3.16. The molecule has 2 atom stereocenters. The van der Waals surface area contributed by atoms with Gasteiger partial charge in [0, 0.05) is 0 Å². The highest BCUT2D eigenvalue weighted by molar-refractivity contribution is 5.73. The van der Waals surface area contributed by atoms with Crippen LogP contribution in [0.15, 0.2) is 5.11 Å². The normalized spacial score (nSPS) is 15.7. The molecule has 13 heavy (non-hydrogen) atoms. The minimum Gasteiger partial charge on any atom is -0.479 e. The zero-order chi connectivity index (χ0) is 10.6. The van der Waals surface area contributed by atoms with Crippen LogP contribution >= 0.6 is 0 Å². The highest BCUT2D eigenvalue weighted by Gasteiger charge is 2.47. The number of carboxylic acid groups (broad SMARTS) is 1. The van der Waals surface area contributed by atoms with E-state index in [1.54, 1.807) is 0 Å². The summed E-state index contributed by atoms with van der Waals surface area (Å²) in [5.74, 6) is -3.90. The fourth-order valence-electron chi connectivity index (χ4n) is 0.604. The molecule has 0 saturated heterocycles. The number of carboxylic acids is 1. The van der Waals surface area contributed by atoms with Gasteiger partial charge in [0.15, 0.2) is 0 Å². The quantitative estimate of drug-likeness (QED) is 0.527. The lowest BCUT2D eigenvalue weighted by Crippen LogP contribution is -2.36. The molecular formula is C5H7F3N3O2+. The Kier molecular flexibility index (Phi) is 3.55. The van der Waals surface area contributed by atoms with E-state index in [2.05, 4.69) is 10.0 Å². The van der Waals surface area contributed by atoms with E-state index in [9.17, 15) is 18.0 Å². The summed E-state index contributed by atoms with van der Waals surface area (Å²) in [4.78, 5) is 12.5. The summed E-state index contributed by atoms with van der Waals surface area (Å²) in [6.07, 6.45) is -4.66. The minimum absolute atomic E-state index is 0.674. The van der Waals surface area contributed by atoms with Crippen LogP contribution in [0.4, 0.5) is 13.2 Å². The van der Waals surface area contributed by atoms with Crippen molar-refractivity contribution in [2.45, 2.75) is 19.1 Å². The molecule has 8 heteroatoms. The second-order valence-corrected chi connectivity index (χ2v) is 2.33. The van der Waals surface area contributed by atoms with Gasteiger partial charge >= 0.3 is 12.1 Å². The summed E-state index contributed by atoms with van der Waals surface area (Å²) in [5, 5.41) is 11.0. The monoisotopic (exact) mass is 198 g/mol. The molecule has 0 aromatic rings. The van der Waals surface area contributed by atoms with E-state index in [1.807, 2.05) is 0 Å². The van der Waals surface area contributed by atoms with Gasteiger partial charge in [-0.05, 0) is 0 Å². The van der Waals surface area contributed by atoms with Crippen LogP contribution in [0.5, 0.6) is 0 Å². The van der Waals surface area contributed by atoms with Gasteiger partial charge < -0.3 is 5.11 Å². The average Bonchev–Trinajstić information content (AvgIpc) is 1.96. The Morgan fingerprint density at radius 3 is 2.31 bits per heavy atom. The lowest BCUT2D eigenvalue weighted by Gasteiger charge is -2.14. The molecule has 0 rings (SSSR count). The highest BCUT2D eigenvalue weighted by Crippen LogP contribution is 2.29. The summed E-state index contributed by atoms with van der Waals surface area (Å²) >= 11 is 0. The average molecular weight is 198 g/mol. The van der Waals surface area contributed by atoms with E-state index in [1.165, 1.54) is 0 Å². The van der Waals surface area contributed by atoms with Gasteiger partial charge in [0.2, 0.25) is 11.0 Å². The van der Waals surface area contributed by atoms with Crippen molar-refractivity contribution >= 4 is 5.97 Å². The molecule has 0 aliphatic rings. The number of hydrogen-bond donors (Lipinski definition) is 2. The molecule has 5 nitrogen and oxygen atoms in total. The van der Waals surface area contributed by atoms with Crippen LogP contribution in [0.3, 0.4) is 0 Å². The SMILES string of the molecule is C[C@H](C(N=[N+]=N)C(=O)O)C(F)(F)F. The van der Waals surface area contributed by atoms with E-state index >= 15 is 0 Å². The fraction of sp³-hybridized carbons (Fsp3) is 0.800. The molecule has 2 N–H and O–H groups in total. The molecule has 0 aliphatic carbocycles. The molecule has 0 aromatic heterocycles. The van der Waals surface area contributed by atoms with E-state index in [4.69, 9.17) is 10.6 Å². The van der Waals surface area contributed by atoms with Crippen LogP contribution in [0.1, 0.15) is 6.92 Å². The van der Waals surface area contributed by atoms with Crippen molar-refractivity contribution in [2.24, 2.45) is 11.0 Å². The van der Waals surface area contributed by atoms with Gasteiger partial charge in [-0.25, -0.2) is 4.79 Å². The molecule has 74 valence electrons. The molecule has 0 bridgehead atoms. The van der Waals surface area contributed by atoms with Crippen LogP contribution in [0.2, 0.25) is 0 Å². The highest BCUT2D eigenvalue weighted by atomic mass is 19.4. The van der Waals surface area contributed by atoms with Crippen molar-refractivity contribution in [3.63, 3.8) is 0 Å². The first-order chi connectivity index (χ1) is 5.80. The molecule has 0 aliphatic heterocycles. The van der Waals surface area contributed by atoms with Gasteiger partial charge in [-0.15, -0.1) is 0 Å². The number of hydrogen-bond acceptors (Lipinski definition) is 3. The van der Waals surface area contributed by atoms with Gasteiger partial charge in [-0.2, -0.15) is 13.2 Å². The maximum absolute atomic E-state index is 12.0. The van der Waals surface area contributed by atoms with Gasteiger partial charge in [0.1, 0.15) is 10.6 Å². The smallest absolute Gasteiger partial charge is 0.394 e. The number of rotatable bonds is 3. The van der Waals surface area contributed by atoms with E-state index in [0.29, 0.717) is 6.92 Å².